The van der Waals surface area contributed by atoms with Crippen molar-refractivity contribution in [2.24, 2.45) is 0 Å². The van der Waals surface area contributed by atoms with E-state index in [2.05, 4.69) is 26.3 Å². The minimum Gasteiger partial charge on any atom is -0.444 e. The highest BCUT2D eigenvalue weighted by Crippen LogP contribution is 2.32. The van der Waals surface area contributed by atoms with E-state index in [1.807, 2.05) is 31.6 Å². The highest BCUT2D eigenvalue weighted by molar-refractivity contribution is 9.10. The summed E-state index contributed by atoms with van der Waals surface area (Å²) in [6.45, 7) is 5.58. The summed E-state index contributed by atoms with van der Waals surface area (Å²) in [5.74, 6) is 0. The topological polar surface area (TPSA) is 56.1 Å². The van der Waals surface area contributed by atoms with Gasteiger partial charge in [-0.15, -0.1) is 0 Å². The van der Waals surface area contributed by atoms with E-state index in [1.165, 1.54) is 0 Å². The van der Waals surface area contributed by atoms with Gasteiger partial charge in [0.25, 0.3) is 0 Å². The highest BCUT2D eigenvalue weighted by Gasteiger charge is 2.33. The number of nitrogens with zero attached hydrogens (tertiary/aromatic N) is 2. The number of ether oxygens (including phenoxy) is 1. The number of carbonyl (C=O) groups excluding carboxylic acids is 1. The first-order valence-corrected chi connectivity index (χ1v) is 6.82. The maximum absolute atomic E-state index is 11.5. The predicted octanol–water partition coefficient (Wildman–Crippen LogP) is 2.87. The predicted molar refractivity (Wildman–Crippen MR) is 71.4 cm³/mol. The van der Waals surface area contributed by atoms with Gasteiger partial charge in [-0.25, -0.2) is 4.79 Å². The van der Waals surface area contributed by atoms with Crippen molar-refractivity contribution in [3.63, 3.8) is 0 Å². The van der Waals surface area contributed by atoms with Crippen LogP contribution in [0.15, 0.2) is 16.9 Å². The quantitative estimate of drug-likeness (QED) is 0.913. The van der Waals surface area contributed by atoms with Crippen LogP contribution in [0.1, 0.15) is 39.7 Å². The highest BCUT2D eigenvalue weighted by atomic mass is 79.9. The van der Waals surface area contributed by atoms with Gasteiger partial charge in [-0.2, -0.15) is 5.10 Å². The molecule has 1 aliphatic carbocycles. The molecule has 1 aromatic heterocycles. The standard InChI is InChI=1S/C12H18BrN3O2/c1-12(2,3)18-11(17)15-9-4-10(5-9)16-7-8(13)6-14-16/h6-7,9-10H,4-5H2,1-3H3,(H,15,17)/t9-,10-. The van der Waals surface area contributed by atoms with Crippen LogP contribution in [0.3, 0.4) is 0 Å². The van der Waals surface area contributed by atoms with E-state index in [4.69, 9.17) is 4.74 Å². The molecule has 1 saturated carbocycles. The van der Waals surface area contributed by atoms with Gasteiger partial charge in [0.15, 0.2) is 0 Å². The van der Waals surface area contributed by atoms with Crippen LogP contribution in [-0.2, 0) is 4.74 Å². The average Bonchev–Trinajstić information content (AvgIpc) is 2.54. The summed E-state index contributed by atoms with van der Waals surface area (Å²) in [6.07, 6.45) is 5.18. The molecule has 0 spiro atoms. The van der Waals surface area contributed by atoms with Crippen molar-refractivity contribution in [3.05, 3.63) is 16.9 Å². The molecule has 5 nitrogen and oxygen atoms in total. The van der Waals surface area contributed by atoms with E-state index in [0.29, 0.717) is 6.04 Å². The number of carbonyl (C=O) groups is 1. The van der Waals surface area contributed by atoms with E-state index >= 15 is 0 Å². The number of hydrogen-bond acceptors (Lipinski definition) is 3. The molecule has 0 radical (unpaired) electrons. The normalized spacial score (nSPS) is 23.3. The summed E-state index contributed by atoms with van der Waals surface area (Å²) in [5.41, 5.74) is -0.444. The number of aromatic nitrogens is 2. The lowest BCUT2D eigenvalue weighted by molar-refractivity contribution is 0.0452. The minimum atomic E-state index is -0.444. The minimum absolute atomic E-state index is 0.188. The monoisotopic (exact) mass is 315 g/mol. The second-order valence-electron chi connectivity index (χ2n) is 5.61. The summed E-state index contributed by atoms with van der Waals surface area (Å²) < 4.78 is 8.11. The Morgan fingerprint density at radius 1 is 1.56 bits per heavy atom. The van der Waals surface area contributed by atoms with Crippen molar-refractivity contribution >= 4 is 22.0 Å². The Bertz CT molecular complexity index is 433. The SMILES string of the molecule is CC(C)(C)OC(=O)N[C@H]1C[C@H](n2cc(Br)cn2)C1. The van der Waals surface area contributed by atoms with Crippen molar-refractivity contribution in [2.45, 2.75) is 51.3 Å². The first-order valence-electron chi connectivity index (χ1n) is 6.02. The number of amides is 1. The molecule has 1 aliphatic rings. The molecular formula is C12H18BrN3O2. The Labute approximate surface area is 115 Å². The second kappa shape index (κ2) is 4.91. The number of rotatable bonds is 2. The fourth-order valence-electron chi connectivity index (χ4n) is 1.91. The largest absolute Gasteiger partial charge is 0.444 e. The van der Waals surface area contributed by atoms with Crippen molar-refractivity contribution in [1.29, 1.82) is 0 Å². The third kappa shape index (κ3) is 3.48. The van der Waals surface area contributed by atoms with Crippen LogP contribution < -0.4 is 5.32 Å². The second-order valence-corrected chi connectivity index (χ2v) is 6.52. The Kier molecular flexibility index (Phi) is 3.66. The number of alkyl carbamates (subject to hydrolysis) is 1. The first-order chi connectivity index (χ1) is 8.33. The number of hydrogen-bond donors (Lipinski definition) is 1. The van der Waals surface area contributed by atoms with Gasteiger partial charge in [0.1, 0.15) is 5.60 Å². The molecule has 0 atom stereocenters. The van der Waals surface area contributed by atoms with Crippen LogP contribution >= 0.6 is 15.9 Å². The van der Waals surface area contributed by atoms with Crippen molar-refractivity contribution < 1.29 is 9.53 Å². The lowest BCUT2D eigenvalue weighted by Gasteiger charge is -2.36. The molecular weight excluding hydrogens is 298 g/mol. The van der Waals surface area contributed by atoms with E-state index in [9.17, 15) is 4.79 Å². The molecule has 2 rings (SSSR count). The van der Waals surface area contributed by atoms with Crippen LogP contribution in [0.25, 0.3) is 0 Å². The molecule has 6 heteroatoms. The van der Waals surface area contributed by atoms with Gasteiger partial charge in [0.05, 0.1) is 16.7 Å². The molecule has 0 unspecified atom stereocenters. The zero-order valence-corrected chi connectivity index (χ0v) is 12.4. The first kappa shape index (κ1) is 13.4. The third-order valence-corrected chi connectivity index (χ3v) is 3.19. The van der Waals surface area contributed by atoms with Crippen LogP contribution in [0.5, 0.6) is 0 Å². The maximum Gasteiger partial charge on any atom is 0.407 e. The Morgan fingerprint density at radius 3 is 2.72 bits per heavy atom. The molecule has 18 heavy (non-hydrogen) atoms. The van der Waals surface area contributed by atoms with Gasteiger partial charge >= 0.3 is 6.09 Å². The van der Waals surface area contributed by atoms with Gasteiger partial charge in [-0.05, 0) is 49.5 Å². The van der Waals surface area contributed by atoms with E-state index in [1.54, 1.807) is 6.20 Å². The van der Waals surface area contributed by atoms with E-state index in [0.717, 1.165) is 17.3 Å². The number of halogens is 1. The fraction of sp³-hybridized carbons (Fsp3) is 0.667. The molecule has 100 valence electrons. The number of nitrogens with one attached hydrogen (secondary N) is 1. The molecule has 0 saturated heterocycles. The Hall–Kier alpha value is -1.04. The Morgan fingerprint density at radius 2 is 2.22 bits per heavy atom. The Balaban J connectivity index is 1.75. The molecule has 1 heterocycles. The average molecular weight is 316 g/mol. The van der Waals surface area contributed by atoms with Crippen LogP contribution in [0.2, 0.25) is 0 Å². The third-order valence-electron chi connectivity index (χ3n) is 2.78. The molecule has 0 aliphatic heterocycles. The van der Waals surface area contributed by atoms with Gasteiger partial charge in [-0.1, -0.05) is 0 Å². The van der Waals surface area contributed by atoms with Crippen molar-refractivity contribution in [2.75, 3.05) is 0 Å². The smallest absolute Gasteiger partial charge is 0.407 e. The zero-order valence-electron chi connectivity index (χ0n) is 10.8. The van der Waals surface area contributed by atoms with Crippen LogP contribution in [0.4, 0.5) is 4.79 Å². The fourth-order valence-corrected chi connectivity index (χ4v) is 2.21. The van der Waals surface area contributed by atoms with E-state index < -0.39 is 5.60 Å². The summed E-state index contributed by atoms with van der Waals surface area (Å²) in [6, 6.07) is 0.559. The molecule has 1 N–H and O–H groups in total. The molecule has 0 aromatic carbocycles. The summed E-state index contributed by atoms with van der Waals surface area (Å²) in [7, 11) is 0. The summed E-state index contributed by atoms with van der Waals surface area (Å²) >= 11 is 3.37. The zero-order chi connectivity index (χ0) is 13.3. The summed E-state index contributed by atoms with van der Waals surface area (Å²) in [5, 5.41) is 7.10. The molecule has 1 aromatic rings. The lowest BCUT2D eigenvalue weighted by atomic mass is 9.87. The van der Waals surface area contributed by atoms with Crippen LogP contribution in [-0.4, -0.2) is 27.5 Å². The van der Waals surface area contributed by atoms with Crippen molar-refractivity contribution in [1.82, 2.24) is 15.1 Å². The van der Waals surface area contributed by atoms with Gasteiger partial charge in [0.2, 0.25) is 0 Å². The molecule has 1 amide bonds. The van der Waals surface area contributed by atoms with E-state index in [-0.39, 0.29) is 12.1 Å². The maximum atomic E-state index is 11.5. The molecule has 1 fully saturated rings. The van der Waals surface area contributed by atoms with Gasteiger partial charge < -0.3 is 10.1 Å². The van der Waals surface area contributed by atoms with Crippen molar-refractivity contribution in [3.8, 4) is 0 Å². The van der Waals surface area contributed by atoms with Crippen LogP contribution in [0, 0.1) is 0 Å². The summed E-state index contributed by atoms with van der Waals surface area (Å²) in [4.78, 5) is 11.5. The van der Waals surface area contributed by atoms with Gasteiger partial charge in [0, 0.05) is 12.2 Å². The molecule has 0 bridgehead atoms. The van der Waals surface area contributed by atoms with Gasteiger partial charge in [-0.3, -0.25) is 4.68 Å². The lowest BCUT2D eigenvalue weighted by Crippen LogP contribution is -2.46.